The van der Waals surface area contributed by atoms with Gasteiger partial charge in [-0.2, -0.15) is 0 Å². The van der Waals surface area contributed by atoms with Crippen molar-refractivity contribution in [3.63, 3.8) is 0 Å². The Hall–Kier alpha value is -1.36. The fraction of sp³-hybridized carbons (Fsp3) is 0.600. The number of carbonyl (C=O) groups is 1. The molecule has 1 aromatic rings. The van der Waals surface area contributed by atoms with Crippen molar-refractivity contribution in [1.29, 1.82) is 0 Å². The standard InChI is InChI=1S/C10H18N4O/c1-3-8(6-11)10(15)14-7(2)9-12-4-5-13-9/h4-5,7-8H,3,6,11H2,1-2H3,(H,12,13)(H,14,15). The summed E-state index contributed by atoms with van der Waals surface area (Å²) in [5.41, 5.74) is 5.49. The maximum atomic E-state index is 11.7. The van der Waals surface area contributed by atoms with Crippen molar-refractivity contribution in [1.82, 2.24) is 15.3 Å². The molecule has 15 heavy (non-hydrogen) atoms. The van der Waals surface area contributed by atoms with Crippen LogP contribution in [0.1, 0.15) is 32.1 Å². The molecule has 1 heterocycles. The molecule has 1 rings (SSSR count). The predicted octanol–water partition coefficient (Wildman–Crippen LogP) is 0.572. The van der Waals surface area contributed by atoms with E-state index in [-0.39, 0.29) is 17.9 Å². The Kier molecular flexibility index (Phi) is 4.30. The van der Waals surface area contributed by atoms with Gasteiger partial charge >= 0.3 is 0 Å². The summed E-state index contributed by atoms with van der Waals surface area (Å²) >= 11 is 0. The molecular weight excluding hydrogens is 192 g/mol. The van der Waals surface area contributed by atoms with Crippen LogP contribution in [0.3, 0.4) is 0 Å². The molecule has 0 saturated heterocycles. The number of H-pyrrole nitrogens is 1. The smallest absolute Gasteiger partial charge is 0.224 e. The van der Waals surface area contributed by atoms with Gasteiger partial charge < -0.3 is 16.0 Å². The maximum absolute atomic E-state index is 11.7. The highest BCUT2D eigenvalue weighted by atomic mass is 16.1. The second kappa shape index (κ2) is 5.50. The zero-order valence-electron chi connectivity index (χ0n) is 9.16. The lowest BCUT2D eigenvalue weighted by Crippen LogP contribution is -2.36. The molecule has 5 nitrogen and oxygen atoms in total. The molecule has 4 N–H and O–H groups in total. The third-order valence-electron chi connectivity index (χ3n) is 2.44. The maximum Gasteiger partial charge on any atom is 0.224 e. The molecular formula is C10H18N4O. The highest BCUT2D eigenvalue weighted by Crippen LogP contribution is 2.08. The highest BCUT2D eigenvalue weighted by molar-refractivity contribution is 5.79. The number of aromatic nitrogens is 2. The number of hydrogen-bond donors (Lipinski definition) is 3. The quantitative estimate of drug-likeness (QED) is 0.664. The number of nitrogens with two attached hydrogens (primary N) is 1. The van der Waals surface area contributed by atoms with Crippen LogP contribution in [0.4, 0.5) is 0 Å². The topological polar surface area (TPSA) is 83.8 Å². The molecule has 0 spiro atoms. The number of nitrogens with zero attached hydrogens (tertiary/aromatic N) is 1. The van der Waals surface area contributed by atoms with E-state index >= 15 is 0 Å². The van der Waals surface area contributed by atoms with Crippen molar-refractivity contribution >= 4 is 5.91 Å². The van der Waals surface area contributed by atoms with Crippen molar-refractivity contribution in [3.8, 4) is 0 Å². The molecule has 1 amide bonds. The molecule has 0 fully saturated rings. The van der Waals surface area contributed by atoms with Crippen LogP contribution in [-0.2, 0) is 4.79 Å². The van der Waals surface area contributed by atoms with Crippen LogP contribution in [0.2, 0.25) is 0 Å². The summed E-state index contributed by atoms with van der Waals surface area (Å²) in [6.45, 7) is 4.22. The number of hydrogen-bond acceptors (Lipinski definition) is 3. The number of rotatable bonds is 5. The van der Waals surface area contributed by atoms with E-state index in [1.54, 1.807) is 12.4 Å². The van der Waals surface area contributed by atoms with Gasteiger partial charge in [-0.15, -0.1) is 0 Å². The minimum Gasteiger partial charge on any atom is -0.347 e. The Morgan fingerprint density at radius 2 is 2.47 bits per heavy atom. The van der Waals surface area contributed by atoms with Crippen LogP contribution >= 0.6 is 0 Å². The van der Waals surface area contributed by atoms with Crippen LogP contribution in [-0.4, -0.2) is 22.4 Å². The van der Waals surface area contributed by atoms with Gasteiger partial charge in [-0.25, -0.2) is 4.98 Å². The van der Waals surface area contributed by atoms with Crippen LogP contribution in [0.25, 0.3) is 0 Å². The van der Waals surface area contributed by atoms with Gasteiger partial charge in [0.05, 0.1) is 6.04 Å². The normalized spacial score (nSPS) is 14.6. The number of amides is 1. The SMILES string of the molecule is CCC(CN)C(=O)NC(C)c1ncc[nH]1. The highest BCUT2D eigenvalue weighted by Gasteiger charge is 2.17. The van der Waals surface area contributed by atoms with E-state index in [4.69, 9.17) is 5.73 Å². The van der Waals surface area contributed by atoms with E-state index < -0.39 is 0 Å². The summed E-state index contributed by atoms with van der Waals surface area (Å²) in [4.78, 5) is 18.7. The van der Waals surface area contributed by atoms with Crippen LogP contribution in [0, 0.1) is 5.92 Å². The molecule has 84 valence electrons. The van der Waals surface area contributed by atoms with Gasteiger partial charge in [-0.1, -0.05) is 6.92 Å². The first kappa shape index (κ1) is 11.7. The Morgan fingerprint density at radius 3 is 2.93 bits per heavy atom. The summed E-state index contributed by atoms with van der Waals surface area (Å²) in [5.74, 6) is 0.640. The summed E-state index contributed by atoms with van der Waals surface area (Å²) in [6.07, 6.45) is 4.16. The van der Waals surface area contributed by atoms with Gasteiger partial charge in [-0.05, 0) is 13.3 Å². The van der Waals surface area contributed by atoms with E-state index in [0.717, 1.165) is 12.2 Å². The van der Waals surface area contributed by atoms with Gasteiger partial charge in [0.2, 0.25) is 5.91 Å². The number of carbonyl (C=O) groups excluding carboxylic acids is 1. The molecule has 2 atom stereocenters. The largest absolute Gasteiger partial charge is 0.347 e. The average Bonchev–Trinajstić information content (AvgIpc) is 2.72. The predicted molar refractivity (Wildman–Crippen MR) is 58.0 cm³/mol. The number of aromatic amines is 1. The van der Waals surface area contributed by atoms with Gasteiger partial charge in [0.15, 0.2) is 0 Å². The van der Waals surface area contributed by atoms with Crippen molar-refractivity contribution in [2.45, 2.75) is 26.3 Å². The van der Waals surface area contributed by atoms with Crippen molar-refractivity contribution < 1.29 is 4.79 Å². The second-order valence-corrected chi connectivity index (χ2v) is 3.55. The van der Waals surface area contributed by atoms with Crippen molar-refractivity contribution in [3.05, 3.63) is 18.2 Å². The molecule has 0 aromatic carbocycles. The van der Waals surface area contributed by atoms with Crippen molar-refractivity contribution in [2.75, 3.05) is 6.54 Å². The van der Waals surface area contributed by atoms with Crippen LogP contribution < -0.4 is 11.1 Å². The van der Waals surface area contributed by atoms with Gasteiger partial charge in [0, 0.05) is 24.9 Å². The molecule has 0 bridgehead atoms. The number of nitrogens with one attached hydrogen (secondary N) is 2. The zero-order chi connectivity index (χ0) is 11.3. The van der Waals surface area contributed by atoms with Crippen LogP contribution in [0.15, 0.2) is 12.4 Å². The minimum atomic E-state index is -0.109. The monoisotopic (exact) mass is 210 g/mol. The summed E-state index contributed by atoms with van der Waals surface area (Å²) in [5, 5.41) is 2.87. The molecule has 1 aromatic heterocycles. The summed E-state index contributed by atoms with van der Waals surface area (Å²) < 4.78 is 0. The second-order valence-electron chi connectivity index (χ2n) is 3.55. The first-order valence-electron chi connectivity index (χ1n) is 5.18. The molecule has 5 heteroatoms. The Morgan fingerprint density at radius 1 is 1.73 bits per heavy atom. The van der Waals surface area contributed by atoms with E-state index in [1.165, 1.54) is 0 Å². The molecule has 0 aliphatic heterocycles. The zero-order valence-corrected chi connectivity index (χ0v) is 9.16. The van der Waals surface area contributed by atoms with Crippen molar-refractivity contribution in [2.24, 2.45) is 11.7 Å². The molecule has 2 unspecified atom stereocenters. The lowest BCUT2D eigenvalue weighted by molar-refractivity contribution is -0.125. The van der Waals surface area contributed by atoms with Gasteiger partial charge in [0.25, 0.3) is 0 Å². The van der Waals surface area contributed by atoms with E-state index in [9.17, 15) is 4.79 Å². The first-order chi connectivity index (χ1) is 7.19. The Balaban J connectivity index is 2.51. The first-order valence-corrected chi connectivity index (χ1v) is 5.18. The Bertz CT molecular complexity index is 292. The fourth-order valence-corrected chi connectivity index (χ4v) is 1.37. The van der Waals surface area contributed by atoms with E-state index in [0.29, 0.717) is 6.54 Å². The van der Waals surface area contributed by atoms with Crippen LogP contribution in [0.5, 0.6) is 0 Å². The fourth-order valence-electron chi connectivity index (χ4n) is 1.37. The van der Waals surface area contributed by atoms with Gasteiger partial charge in [-0.3, -0.25) is 4.79 Å². The lowest BCUT2D eigenvalue weighted by atomic mass is 10.1. The third-order valence-corrected chi connectivity index (χ3v) is 2.44. The molecule has 0 radical (unpaired) electrons. The minimum absolute atomic E-state index is 0.0103. The molecule has 0 aliphatic carbocycles. The molecule has 0 aliphatic rings. The summed E-state index contributed by atoms with van der Waals surface area (Å²) in [7, 11) is 0. The van der Waals surface area contributed by atoms with E-state index in [1.807, 2.05) is 13.8 Å². The third kappa shape index (κ3) is 3.06. The average molecular weight is 210 g/mol. The van der Waals surface area contributed by atoms with E-state index in [2.05, 4.69) is 15.3 Å². The summed E-state index contributed by atoms with van der Waals surface area (Å²) in [6, 6.07) is -0.104. The Labute approximate surface area is 89.5 Å². The lowest BCUT2D eigenvalue weighted by Gasteiger charge is -2.16. The number of imidazole rings is 1. The van der Waals surface area contributed by atoms with Gasteiger partial charge in [0.1, 0.15) is 5.82 Å². The molecule has 0 saturated carbocycles.